The Morgan fingerprint density at radius 1 is 1.00 bits per heavy atom. The molecule has 0 saturated heterocycles. The Bertz CT molecular complexity index is 665. The number of hydrogen-bond donors (Lipinski definition) is 4. The first-order chi connectivity index (χ1) is 8.12. The molecule has 0 saturated carbocycles. The van der Waals surface area contributed by atoms with Crippen LogP contribution in [-0.2, 0) is 20.6 Å². The zero-order chi connectivity index (χ0) is 14.0. The van der Waals surface area contributed by atoms with E-state index in [1.54, 1.807) is 9.44 Å². The maximum Gasteiger partial charge on any atom is 0.357 e. The summed E-state index contributed by atoms with van der Waals surface area (Å²) in [7, 11) is -9.38. The fraction of sp³-hybridized carbons (Fsp3) is 0. The van der Waals surface area contributed by atoms with Gasteiger partial charge in [-0.1, -0.05) is 6.07 Å². The van der Waals surface area contributed by atoms with Gasteiger partial charge in [0, 0.05) is 5.56 Å². The first-order valence-electron chi connectivity index (χ1n) is 4.21. The smallest absolute Gasteiger partial charge is 0.298 e. The average molecular weight is 296 g/mol. The summed E-state index contributed by atoms with van der Waals surface area (Å²) in [4.78, 5) is 10.7. The van der Waals surface area contributed by atoms with Crippen molar-refractivity contribution in [2.45, 2.75) is 0 Å². The lowest BCUT2D eigenvalue weighted by Crippen LogP contribution is -2.17. The Labute approximate surface area is 103 Å². The van der Waals surface area contributed by atoms with Gasteiger partial charge in [-0.05, 0) is 12.1 Å². The SMILES string of the molecule is O=Cc1cccc(NS(=O)(=O)O)c1NS(=O)(=O)O. The van der Waals surface area contributed by atoms with Crippen LogP contribution in [0.3, 0.4) is 0 Å². The highest BCUT2D eigenvalue weighted by atomic mass is 32.2. The minimum absolute atomic E-state index is 0.235. The Morgan fingerprint density at radius 3 is 2.00 bits per heavy atom. The molecule has 0 fully saturated rings. The standard InChI is InChI=1S/C7H8N2O7S2/c10-4-5-2-1-3-6(8-17(11,12)13)7(5)9-18(14,15)16/h1-4,8-9H,(H,11,12,13)(H,14,15,16). The molecule has 0 radical (unpaired) electrons. The summed E-state index contributed by atoms with van der Waals surface area (Å²) in [5.74, 6) is 0. The molecule has 100 valence electrons. The molecule has 0 amide bonds. The monoisotopic (exact) mass is 296 g/mol. The molecule has 0 aliphatic carbocycles. The number of carbonyl (C=O) groups excluding carboxylic acids is 1. The van der Waals surface area contributed by atoms with Gasteiger partial charge in [-0.25, -0.2) is 0 Å². The maximum atomic E-state index is 10.7. The van der Waals surface area contributed by atoms with Crippen molar-refractivity contribution >= 4 is 38.3 Å². The third kappa shape index (κ3) is 4.29. The van der Waals surface area contributed by atoms with Gasteiger partial charge in [-0.2, -0.15) is 16.8 Å². The molecule has 0 unspecified atom stereocenters. The van der Waals surface area contributed by atoms with Gasteiger partial charge in [-0.15, -0.1) is 0 Å². The van der Waals surface area contributed by atoms with Crippen molar-refractivity contribution in [3.05, 3.63) is 23.8 Å². The number of anilines is 2. The van der Waals surface area contributed by atoms with Crippen LogP contribution >= 0.6 is 0 Å². The Balaban J connectivity index is 3.38. The molecule has 0 atom stereocenters. The predicted octanol–water partition coefficient (Wildman–Crippen LogP) is -0.0715. The van der Waals surface area contributed by atoms with Crippen LogP contribution < -0.4 is 9.44 Å². The fourth-order valence-electron chi connectivity index (χ4n) is 1.14. The van der Waals surface area contributed by atoms with Crippen LogP contribution in [0.25, 0.3) is 0 Å². The zero-order valence-corrected chi connectivity index (χ0v) is 10.2. The number of benzene rings is 1. The van der Waals surface area contributed by atoms with E-state index in [-0.39, 0.29) is 11.8 Å². The van der Waals surface area contributed by atoms with Crippen molar-refractivity contribution in [1.82, 2.24) is 0 Å². The van der Waals surface area contributed by atoms with Crippen molar-refractivity contribution < 1.29 is 30.7 Å². The Hall–Kier alpha value is -1.69. The van der Waals surface area contributed by atoms with E-state index in [1.165, 1.54) is 12.1 Å². The number of hydrogen-bond acceptors (Lipinski definition) is 5. The van der Waals surface area contributed by atoms with E-state index < -0.39 is 32.0 Å². The molecular weight excluding hydrogens is 288 g/mol. The van der Waals surface area contributed by atoms with Gasteiger partial charge in [0.15, 0.2) is 6.29 Å². The van der Waals surface area contributed by atoms with E-state index in [1.807, 2.05) is 0 Å². The lowest BCUT2D eigenvalue weighted by Gasteiger charge is -2.12. The van der Waals surface area contributed by atoms with Crippen LogP contribution in [0, 0.1) is 0 Å². The summed E-state index contributed by atoms with van der Waals surface area (Å²) in [6, 6.07) is 3.50. The van der Waals surface area contributed by atoms with Crippen molar-refractivity contribution in [3.8, 4) is 0 Å². The van der Waals surface area contributed by atoms with Crippen LogP contribution in [0.5, 0.6) is 0 Å². The molecule has 4 N–H and O–H groups in total. The van der Waals surface area contributed by atoms with Gasteiger partial charge in [0.05, 0.1) is 11.4 Å². The third-order valence-corrected chi connectivity index (χ3v) is 2.63. The van der Waals surface area contributed by atoms with Gasteiger partial charge in [-0.3, -0.25) is 23.3 Å². The van der Waals surface area contributed by atoms with Gasteiger partial charge in [0.2, 0.25) is 0 Å². The summed E-state index contributed by atoms with van der Waals surface area (Å²) in [6.45, 7) is 0. The molecule has 1 aromatic carbocycles. The molecule has 0 spiro atoms. The number of para-hydroxylation sites is 1. The molecular formula is C7H8N2O7S2. The lowest BCUT2D eigenvalue weighted by atomic mass is 10.2. The number of aldehydes is 1. The summed E-state index contributed by atoms with van der Waals surface area (Å²) < 4.78 is 63.0. The van der Waals surface area contributed by atoms with Crippen LogP contribution in [0.2, 0.25) is 0 Å². The summed E-state index contributed by atoms with van der Waals surface area (Å²) in [5.41, 5.74) is -1.16. The molecule has 0 aromatic heterocycles. The van der Waals surface area contributed by atoms with Gasteiger partial charge in [0.1, 0.15) is 0 Å². The van der Waals surface area contributed by atoms with Crippen molar-refractivity contribution in [3.63, 3.8) is 0 Å². The van der Waals surface area contributed by atoms with E-state index >= 15 is 0 Å². The molecule has 0 bridgehead atoms. The second-order valence-electron chi connectivity index (χ2n) is 3.04. The summed E-state index contributed by atoms with van der Waals surface area (Å²) in [6.07, 6.45) is 0.239. The lowest BCUT2D eigenvalue weighted by molar-refractivity contribution is 0.112. The minimum atomic E-state index is -4.71. The molecule has 1 rings (SSSR count). The molecule has 18 heavy (non-hydrogen) atoms. The second-order valence-corrected chi connectivity index (χ2v) is 5.35. The highest BCUT2D eigenvalue weighted by molar-refractivity contribution is 7.87. The normalized spacial score (nSPS) is 11.9. The van der Waals surface area contributed by atoms with Crippen LogP contribution in [0.15, 0.2) is 18.2 Å². The van der Waals surface area contributed by atoms with Crippen LogP contribution in [0.1, 0.15) is 10.4 Å². The minimum Gasteiger partial charge on any atom is -0.298 e. The molecule has 11 heteroatoms. The van der Waals surface area contributed by atoms with E-state index in [0.717, 1.165) is 6.07 Å². The number of nitrogens with one attached hydrogen (secondary N) is 2. The first-order valence-corrected chi connectivity index (χ1v) is 7.09. The van der Waals surface area contributed by atoms with Crippen molar-refractivity contribution in [1.29, 1.82) is 0 Å². The maximum absolute atomic E-state index is 10.7. The van der Waals surface area contributed by atoms with E-state index in [9.17, 15) is 21.6 Å². The van der Waals surface area contributed by atoms with E-state index in [2.05, 4.69) is 0 Å². The Kier molecular flexibility index (Phi) is 3.91. The molecule has 1 aromatic rings. The predicted molar refractivity (Wildman–Crippen MR) is 62.2 cm³/mol. The quantitative estimate of drug-likeness (QED) is 0.438. The van der Waals surface area contributed by atoms with Crippen LogP contribution in [-0.4, -0.2) is 32.2 Å². The first kappa shape index (κ1) is 14.4. The van der Waals surface area contributed by atoms with E-state index in [0.29, 0.717) is 0 Å². The highest BCUT2D eigenvalue weighted by Gasteiger charge is 2.16. The summed E-state index contributed by atoms with van der Waals surface area (Å²) in [5, 5.41) is 0. The van der Waals surface area contributed by atoms with Gasteiger partial charge < -0.3 is 0 Å². The third-order valence-electron chi connectivity index (χ3n) is 1.69. The second kappa shape index (κ2) is 4.89. The highest BCUT2D eigenvalue weighted by Crippen LogP contribution is 2.26. The fourth-order valence-corrected chi connectivity index (χ4v) is 2.07. The average Bonchev–Trinajstić information content (AvgIpc) is 2.16. The largest absolute Gasteiger partial charge is 0.357 e. The number of rotatable bonds is 5. The molecule has 0 heterocycles. The van der Waals surface area contributed by atoms with Crippen molar-refractivity contribution in [2.75, 3.05) is 9.44 Å². The molecule has 0 aliphatic heterocycles. The van der Waals surface area contributed by atoms with Gasteiger partial charge in [0.25, 0.3) is 0 Å². The van der Waals surface area contributed by atoms with E-state index in [4.69, 9.17) is 9.11 Å². The zero-order valence-electron chi connectivity index (χ0n) is 8.56. The van der Waals surface area contributed by atoms with Gasteiger partial charge >= 0.3 is 20.6 Å². The van der Waals surface area contributed by atoms with Crippen molar-refractivity contribution in [2.24, 2.45) is 0 Å². The summed E-state index contributed by atoms with van der Waals surface area (Å²) >= 11 is 0. The topological polar surface area (TPSA) is 150 Å². The molecule has 9 nitrogen and oxygen atoms in total. The van der Waals surface area contributed by atoms with Crippen LogP contribution in [0.4, 0.5) is 11.4 Å². The Morgan fingerprint density at radius 2 is 1.56 bits per heavy atom. The number of carbonyl (C=O) groups is 1. The molecule has 0 aliphatic rings.